The first-order valence-electron chi connectivity index (χ1n) is 12.9. The van der Waals surface area contributed by atoms with Crippen LogP contribution in [0, 0.1) is 37.5 Å². The number of aliphatic hydroxyl groups is 1. The standard InChI is InChI=1S/C29H32FN5O/c1-16-23(17(2)35-34-16)18-12-14-22(15-13-18)31-29(36)25(24(19-8-9-19)20-10-11-20)28-32-26(27(30)33-28)21-6-4-3-5-7-21/h3-7,12-15,19-20,24-25,29,31,36H,8-11H2,1-2H3,(H,32,33)(H,34,35). The lowest BCUT2D eigenvalue weighted by molar-refractivity contribution is 0.118. The second-order valence-electron chi connectivity index (χ2n) is 10.4. The van der Waals surface area contributed by atoms with Crippen molar-refractivity contribution in [2.45, 2.75) is 51.7 Å². The van der Waals surface area contributed by atoms with Gasteiger partial charge >= 0.3 is 0 Å². The average Bonchev–Trinajstić information content (AvgIpc) is 3.81. The van der Waals surface area contributed by atoms with Crippen molar-refractivity contribution in [3.8, 4) is 22.4 Å². The van der Waals surface area contributed by atoms with Crippen LogP contribution in [0.3, 0.4) is 0 Å². The van der Waals surface area contributed by atoms with Crippen LogP contribution in [0.4, 0.5) is 10.1 Å². The van der Waals surface area contributed by atoms with E-state index in [4.69, 9.17) is 4.98 Å². The summed E-state index contributed by atoms with van der Waals surface area (Å²) >= 11 is 0. The molecule has 2 aliphatic carbocycles. The highest BCUT2D eigenvalue weighted by Gasteiger charge is 2.49. The van der Waals surface area contributed by atoms with Crippen LogP contribution in [0.15, 0.2) is 54.6 Å². The fraction of sp³-hybridized carbons (Fsp3) is 0.379. The Labute approximate surface area is 210 Å². The number of anilines is 1. The summed E-state index contributed by atoms with van der Waals surface area (Å²) in [6.45, 7) is 4.00. The third-order valence-electron chi connectivity index (χ3n) is 7.74. The molecule has 7 heteroatoms. The number of nitrogens with zero attached hydrogens (tertiary/aromatic N) is 2. The zero-order valence-electron chi connectivity index (χ0n) is 20.6. The lowest BCUT2D eigenvalue weighted by atomic mass is 9.82. The predicted octanol–water partition coefficient (Wildman–Crippen LogP) is 6.17. The first-order chi connectivity index (χ1) is 17.5. The largest absolute Gasteiger partial charge is 0.373 e. The summed E-state index contributed by atoms with van der Waals surface area (Å²) in [6.07, 6.45) is 3.76. The van der Waals surface area contributed by atoms with E-state index in [9.17, 15) is 5.11 Å². The van der Waals surface area contributed by atoms with Crippen molar-refractivity contribution in [2.24, 2.45) is 17.8 Å². The first-order valence-corrected chi connectivity index (χ1v) is 12.9. The first kappa shape index (κ1) is 23.0. The minimum absolute atomic E-state index is 0.275. The molecule has 2 fully saturated rings. The third kappa shape index (κ3) is 4.44. The predicted molar refractivity (Wildman–Crippen MR) is 139 cm³/mol. The summed E-state index contributed by atoms with van der Waals surface area (Å²) < 4.78 is 15.1. The van der Waals surface area contributed by atoms with Gasteiger partial charge in [0.25, 0.3) is 0 Å². The van der Waals surface area contributed by atoms with Crippen LogP contribution >= 0.6 is 0 Å². The van der Waals surface area contributed by atoms with Gasteiger partial charge in [-0.05, 0) is 75.0 Å². The van der Waals surface area contributed by atoms with Gasteiger partial charge < -0.3 is 15.4 Å². The zero-order chi connectivity index (χ0) is 24.8. The van der Waals surface area contributed by atoms with Gasteiger partial charge in [0.15, 0.2) is 0 Å². The quantitative estimate of drug-likeness (QED) is 0.213. The molecule has 6 rings (SSSR count). The molecule has 0 spiro atoms. The maximum atomic E-state index is 15.1. The average molecular weight is 486 g/mol. The molecule has 4 aromatic rings. The van der Waals surface area contributed by atoms with Crippen molar-refractivity contribution in [3.05, 3.63) is 77.8 Å². The summed E-state index contributed by atoms with van der Waals surface area (Å²) in [5, 5.41) is 22.2. The van der Waals surface area contributed by atoms with Gasteiger partial charge in [0.05, 0.1) is 11.6 Å². The number of H-pyrrole nitrogens is 2. The van der Waals surface area contributed by atoms with E-state index in [1.807, 2.05) is 68.4 Å². The number of rotatable bonds is 9. The van der Waals surface area contributed by atoms with Gasteiger partial charge in [-0.3, -0.25) is 5.10 Å². The van der Waals surface area contributed by atoms with Crippen molar-refractivity contribution in [3.63, 3.8) is 0 Å². The molecule has 4 N–H and O–H groups in total. The fourth-order valence-electron chi connectivity index (χ4n) is 5.76. The minimum atomic E-state index is -0.895. The van der Waals surface area contributed by atoms with E-state index < -0.39 is 12.2 Å². The molecule has 2 saturated carbocycles. The van der Waals surface area contributed by atoms with Crippen LogP contribution in [0.25, 0.3) is 22.4 Å². The van der Waals surface area contributed by atoms with E-state index in [1.165, 1.54) is 0 Å². The lowest BCUT2D eigenvalue weighted by Gasteiger charge is -2.31. The monoisotopic (exact) mass is 485 g/mol. The molecule has 2 heterocycles. The van der Waals surface area contributed by atoms with Gasteiger partial charge in [-0.15, -0.1) is 0 Å². The molecular formula is C29H32FN5O. The molecule has 2 atom stereocenters. The van der Waals surface area contributed by atoms with Crippen molar-refractivity contribution in [1.82, 2.24) is 20.2 Å². The van der Waals surface area contributed by atoms with Gasteiger partial charge in [0.1, 0.15) is 17.7 Å². The maximum absolute atomic E-state index is 15.1. The van der Waals surface area contributed by atoms with Gasteiger partial charge in [0.2, 0.25) is 5.95 Å². The van der Waals surface area contributed by atoms with E-state index in [0.717, 1.165) is 59.4 Å². The van der Waals surface area contributed by atoms with Crippen molar-refractivity contribution in [1.29, 1.82) is 0 Å². The topological polar surface area (TPSA) is 89.6 Å². The molecule has 2 aromatic heterocycles. The Hall–Kier alpha value is -3.45. The molecule has 0 bridgehead atoms. The van der Waals surface area contributed by atoms with Crippen LogP contribution in [0.5, 0.6) is 0 Å². The lowest BCUT2D eigenvalue weighted by Crippen LogP contribution is -2.35. The maximum Gasteiger partial charge on any atom is 0.219 e. The van der Waals surface area contributed by atoms with E-state index in [1.54, 1.807) is 0 Å². The Morgan fingerprint density at radius 1 is 0.944 bits per heavy atom. The number of aliphatic hydroxyl groups excluding tert-OH is 1. The molecule has 0 amide bonds. The van der Waals surface area contributed by atoms with Gasteiger partial charge in [0, 0.05) is 22.5 Å². The van der Waals surface area contributed by atoms with Crippen LogP contribution in [0.1, 0.15) is 48.8 Å². The van der Waals surface area contributed by atoms with Gasteiger partial charge in [-0.1, -0.05) is 42.5 Å². The van der Waals surface area contributed by atoms with E-state index in [0.29, 0.717) is 23.4 Å². The Kier molecular flexibility index (Phi) is 5.88. The number of hydrogen-bond acceptors (Lipinski definition) is 4. The van der Waals surface area contributed by atoms with Gasteiger partial charge in [-0.25, -0.2) is 4.98 Å². The van der Waals surface area contributed by atoms with Crippen LogP contribution in [-0.4, -0.2) is 31.5 Å². The van der Waals surface area contributed by atoms with Crippen molar-refractivity contribution < 1.29 is 9.50 Å². The second-order valence-corrected chi connectivity index (χ2v) is 10.4. The number of halogens is 1. The molecule has 2 aliphatic rings. The minimum Gasteiger partial charge on any atom is -0.373 e. The van der Waals surface area contributed by atoms with E-state index >= 15 is 4.39 Å². The molecule has 36 heavy (non-hydrogen) atoms. The Balaban J connectivity index is 1.30. The van der Waals surface area contributed by atoms with Crippen LogP contribution in [0.2, 0.25) is 0 Å². The van der Waals surface area contributed by atoms with Gasteiger partial charge in [-0.2, -0.15) is 9.49 Å². The van der Waals surface area contributed by atoms with E-state index in [-0.39, 0.29) is 11.8 Å². The number of aryl methyl sites for hydroxylation is 2. The number of nitrogens with one attached hydrogen (secondary N) is 3. The highest BCUT2D eigenvalue weighted by molar-refractivity contribution is 5.70. The summed E-state index contributed by atoms with van der Waals surface area (Å²) in [7, 11) is 0. The normalized spacial score (nSPS) is 17.4. The van der Waals surface area contributed by atoms with Crippen molar-refractivity contribution >= 4 is 5.69 Å². The van der Waals surface area contributed by atoms with E-state index in [2.05, 4.69) is 20.5 Å². The second kappa shape index (κ2) is 9.21. The smallest absolute Gasteiger partial charge is 0.219 e. The third-order valence-corrected chi connectivity index (χ3v) is 7.74. The molecular weight excluding hydrogens is 453 g/mol. The molecule has 6 nitrogen and oxygen atoms in total. The molecule has 2 unspecified atom stereocenters. The summed E-state index contributed by atoms with van der Waals surface area (Å²) in [5.74, 6) is 1.14. The number of benzene rings is 2. The molecule has 0 radical (unpaired) electrons. The number of aromatic nitrogens is 4. The van der Waals surface area contributed by atoms with Crippen molar-refractivity contribution in [2.75, 3.05) is 5.32 Å². The Bertz CT molecular complexity index is 1310. The number of aromatic amines is 2. The number of imidazole rings is 1. The van der Waals surface area contributed by atoms with Crippen LogP contribution in [-0.2, 0) is 0 Å². The summed E-state index contributed by atoms with van der Waals surface area (Å²) in [4.78, 5) is 7.62. The Morgan fingerprint density at radius 3 is 2.19 bits per heavy atom. The molecule has 0 aliphatic heterocycles. The molecule has 0 saturated heterocycles. The highest BCUT2D eigenvalue weighted by atomic mass is 19.1. The Morgan fingerprint density at radius 2 is 1.61 bits per heavy atom. The number of hydrogen-bond donors (Lipinski definition) is 4. The SMILES string of the molecule is Cc1n[nH]c(C)c1-c1ccc(NC(O)C(c2nc(-c3ccccc3)c(F)[nH]2)C(C2CC2)C2CC2)cc1. The zero-order valence-corrected chi connectivity index (χ0v) is 20.6. The fourth-order valence-corrected chi connectivity index (χ4v) is 5.76. The highest BCUT2D eigenvalue weighted by Crippen LogP contribution is 2.55. The molecule has 186 valence electrons. The summed E-state index contributed by atoms with van der Waals surface area (Å²) in [6, 6.07) is 17.4. The summed E-state index contributed by atoms with van der Waals surface area (Å²) in [5.41, 5.74) is 6.01. The van der Waals surface area contributed by atoms with Crippen LogP contribution < -0.4 is 5.32 Å². The molecule has 2 aromatic carbocycles.